The number of aromatic hydroxyl groups is 1. The maximum absolute atomic E-state index is 13.6. The van der Waals surface area contributed by atoms with Gasteiger partial charge in [0.25, 0.3) is 0 Å². The number of nitrogens with zero attached hydrogens (tertiary/aromatic N) is 1. The topological polar surface area (TPSA) is 40.5 Å². The lowest BCUT2D eigenvalue weighted by molar-refractivity contribution is 0.101. The van der Waals surface area contributed by atoms with Crippen molar-refractivity contribution in [1.82, 2.24) is 4.90 Å². The Balaban J connectivity index is 2.18. The van der Waals surface area contributed by atoms with Gasteiger partial charge >= 0.3 is 0 Å². The number of ketones is 1. The first-order chi connectivity index (χ1) is 9.51. The summed E-state index contributed by atoms with van der Waals surface area (Å²) in [6.07, 6.45) is 1.11. The minimum atomic E-state index is -0.471. The lowest BCUT2D eigenvalue weighted by atomic mass is 10.0. The molecule has 0 aliphatic carbocycles. The van der Waals surface area contributed by atoms with Crippen molar-refractivity contribution >= 4 is 17.5 Å². The number of phenolic OH excluding ortho intramolecular Hbond substituents is 1. The third-order valence-electron chi connectivity index (χ3n) is 3.61. The zero-order valence-corrected chi connectivity index (χ0v) is 12.7. The lowest BCUT2D eigenvalue weighted by Crippen LogP contribution is -2.37. The van der Waals surface area contributed by atoms with Gasteiger partial charge in [0.1, 0.15) is 11.6 Å². The van der Waals surface area contributed by atoms with Crippen LogP contribution in [0.3, 0.4) is 0 Å². The van der Waals surface area contributed by atoms with Crippen molar-refractivity contribution in [1.29, 1.82) is 0 Å². The van der Waals surface area contributed by atoms with Crippen LogP contribution in [0.25, 0.3) is 0 Å². The molecule has 20 heavy (non-hydrogen) atoms. The average molecular weight is 297 g/mol. The number of carbonyl (C=O) groups is 1. The van der Waals surface area contributed by atoms with Crippen molar-refractivity contribution in [2.45, 2.75) is 32.1 Å². The first kappa shape index (κ1) is 15.3. The highest BCUT2D eigenvalue weighted by atomic mass is 32.2. The van der Waals surface area contributed by atoms with Crippen molar-refractivity contribution in [3.63, 3.8) is 0 Å². The molecule has 110 valence electrons. The van der Waals surface area contributed by atoms with E-state index >= 15 is 0 Å². The van der Waals surface area contributed by atoms with Gasteiger partial charge in [0.2, 0.25) is 0 Å². The SMILES string of the molecule is CCC1CN(Cc2cc(F)cc(C(C)=O)c2O)CCS1. The van der Waals surface area contributed by atoms with E-state index < -0.39 is 5.82 Å². The van der Waals surface area contributed by atoms with Gasteiger partial charge in [0, 0.05) is 36.2 Å². The first-order valence-corrected chi connectivity index (χ1v) is 7.92. The van der Waals surface area contributed by atoms with Crippen LogP contribution >= 0.6 is 11.8 Å². The smallest absolute Gasteiger partial charge is 0.163 e. The van der Waals surface area contributed by atoms with Crippen molar-refractivity contribution in [2.75, 3.05) is 18.8 Å². The summed E-state index contributed by atoms with van der Waals surface area (Å²) >= 11 is 1.96. The molecule has 1 N–H and O–H groups in total. The average Bonchev–Trinajstić information content (AvgIpc) is 2.42. The molecule has 3 nitrogen and oxygen atoms in total. The summed E-state index contributed by atoms with van der Waals surface area (Å²) < 4.78 is 13.6. The zero-order chi connectivity index (χ0) is 14.7. The van der Waals surface area contributed by atoms with Gasteiger partial charge < -0.3 is 5.11 Å². The molecule has 1 aromatic rings. The highest BCUT2D eigenvalue weighted by Gasteiger charge is 2.21. The summed E-state index contributed by atoms with van der Waals surface area (Å²) in [5.41, 5.74) is 0.565. The summed E-state index contributed by atoms with van der Waals surface area (Å²) in [5, 5.41) is 10.7. The third-order valence-corrected chi connectivity index (χ3v) is 4.98. The van der Waals surface area contributed by atoms with E-state index in [4.69, 9.17) is 0 Å². The summed E-state index contributed by atoms with van der Waals surface area (Å²) in [6, 6.07) is 2.42. The second-order valence-corrected chi connectivity index (χ2v) is 6.56. The molecule has 1 aliphatic rings. The Hall–Kier alpha value is -1.07. The fraction of sp³-hybridized carbons (Fsp3) is 0.533. The van der Waals surface area contributed by atoms with Gasteiger partial charge in [-0.15, -0.1) is 0 Å². The number of Topliss-reactive ketones (excluding diaryl/α,β-unsaturated/α-hetero) is 1. The van der Waals surface area contributed by atoms with Gasteiger partial charge in [0.15, 0.2) is 5.78 Å². The summed E-state index contributed by atoms with van der Waals surface area (Å²) in [5.74, 6) is 0.184. The van der Waals surface area contributed by atoms with Crippen molar-refractivity contribution in [2.24, 2.45) is 0 Å². The predicted octanol–water partition coefficient (Wildman–Crippen LogP) is 3.06. The number of hydrogen-bond donors (Lipinski definition) is 1. The summed E-state index contributed by atoms with van der Waals surface area (Å²) in [6.45, 7) is 5.84. The Morgan fingerprint density at radius 1 is 1.55 bits per heavy atom. The number of rotatable bonds is 4. The largest absolute Gasteiger partial charge is 0.507 e. The van der Waals surface area contributed by atoms with E-state index in [1.165, 1.54) is 13.0 Å². The van der Waals surface area contributed by atoms with Gasteiger partial charge in [-0.3, -0.25) is 9.69 Å². The number of benzene rings is 1. The Morgan fingerprint density at radius 2 is 2.30 bits per heavy atom. The highest BCUT2D eigenvalue weighted by molar-refractivity contribution is 8.00. The highest BCUT2D eigenvalue weighted by Crippen LogP contribution is 2.28. The molecule has 1 aromatic carbocycles. The van der Waals surface area contributed by atoms with Gasteiger partial charge in [0.05, 0.1) is 5.56 Å². The van der Waals surface area contributed by atoms with Gasteiger partial charge in [-0.05, 0) is 25.5 Å². The van der Waals surface area contributed by atoms with E-state index in [0.29, 0.717) is 17.4 Å². The quantitative estimate of drug-likeness (QED) is 0.867. The van der Waals surface area contributed by atoms with E-state index in [-0.39, 0.29) is 17.1 Å². The summed E-state index contributed by atoms with van der Waals surface area (Å²) in [4.78, 5) is 13.6. The van der Waals surface area contributed by atoms with E-state index in [1.54, 1.807) is 0 Å². The monoisotopic (exact) mass is 297 g/mol. The molecule has 0 amide bonds. The van der Waals surface area contributed by atoms with Gasteiger partial charge in [-0.25, -0.2) is 4.39 Å². The van der Waals surface area contributed by atoms with Crippen LogP contribution in [0.2, 0.25) is 0 Å². The van der Waals surface area contributed by atoms with Crippen LogP contribution in [0.4, 0.5) is 4.39 Å². The zero-order valence-electron chi connectivity index (χ0n) is 11.9. The molecule has 1 saturated heterocycles. The molecular weight excluding hydrogens is 277 g/mol. The number of thioether (sulfide) groups is 1. The maximum atomic E-state index is 13.6. The lowest BCUT2D eigenvalue weighted by Gasteiger charge is -2.32. The molecule has 1 fully saturated rings. The fourth-order valence-electron chi connectivity index (χ4n) is 2.46. The minimum absolute atomic E-state index is 0.0680. The Bertz CT molecular complexity index is 507. The Kier molecular flexibility index (Phi) is 5.05. The van der Waals surface area contributed by atoms with Gasteiger partial charge in [-0.2, -0.15) is 11.8 Å². The van der Waals surface area contributed by atoms with Crippen LogP contribution in [-0.2, 0) is 6.54 Å². The first-order valence-electron chi connectivity index (χ1n) is 6.87. The van der Waals surface area contributed by atoms with Crippen molar-refractivity contribution in [3.05, 3.63) is 29.1 Å². The molecule has 2 rings (SSSR count). The van der Waals surface area contributed by atoms with E-state index in [9.17, 15) is 14.3 Å². The van der Waals surface area contributed by atoms with Crippen LogP contribution in [0.5, 0.6) is 5.75 Å². The fourth-order valence-corrected chi connectivity index (χ4v) is 3.71. The molecule has 1 aliphatic heterocycles. The normalized spacial score (nSPS) is 20.1. The van der Waals surface area contributed by atoms with E-state index in [0.717, 1.165) is 31.3 Å². The predicted molar refractivity (Wildman–Crippen MR) is 79.9 cm³/mol. The maximum Gasteiger partial charge on any atom is 0.163 e. The summed E-state index contributed by atoms with van der Waals surface area (Å²) in [7, 11) is 0. The van der Waals surface area contributed by atoms with Crippen LogP contribution in [0.1, 0.15) is 36.2 Å². The number of hydrogen-bond acceptors (Lipinski definition) is 4. The van der Waals surface area contributed by atoms with Crippen LogP contribution < -0.4 is 0 Å². The molecule has 1 unspecified atom stereocenters. The molecule has 0 bridgehead atoms. The van der Waals surface area contributed by atoms with Crippen LogP contribution in [0, 0.1) is 5.82 Å². The second-order valence-electron chi connectivity index (χ2n) is 5.15. The number of halogens is 1. The Labute approximate surface area is 123 Å². The molecule has 1 atom stereocenters. The molecule has 0 radical (unpaired) electrons. The van der Waals surface area contributed by atoms with Gasteiger partial charge in [-0.1, -0.05) is 6.92 Å². The molecule has 0 saturated carbocycles. The molecular formula is C15H20FNO2S. The Morgan fingerprint density at radius 3 is 2.95 bits per heavy atom. The van der Waals surface area contributed by atoms with E-state index in [2.05, 4.69) is 11.8 Å². The van der Waals surface area contributed by atoms with E-state index in [1.807, 2.05) is 11.8 Å². The number of phenols is 1. The van der Waals surface area contributed by atoms with Crippen molar-refractivity contribution in [3.8, 4) is 5.75 Å². The second kappa shape index (κ2) is 6.59. The molecule has 1 heterocycles. The van der Waals surface area contributed by atoms with Crippen LogP contribution in [0.15, 0.2) is 12.1 Å². The molecule has 0 aromatic heterocycles. The molecule has 0 spiro atoms. The number of carbonyl (C=O) groups excluding carboxylic acids is 1. The van der Waals surface area contributed by atoms with Crippen molar-refractivity contribution < 1.29 is 14.3 Å². The molecule has 5 heteroatoms. The van der Waals surface area contributed by atoms with Crippen LogP contribution in [-0.4, -0.2) is 39.9 Å². The standard InChI is InChI=1S/C15H20FNO2S/c1-3-13-9-17(4-5-20-13)8-11-6-12(16)7-14(10(2)18)15(11)19/h6-7,13,19H,3-5,8-9H2,1-2H3. The minimum Gasteiger partial charge on any atom is -0.507 e. The third kappa shape index (κ3) is 3.52.